The van der Waals surface area contributed by atoms with Crippen LogP contribution in [0.1, 0.15) is 4.88 Å². The number of hydrogen-bond donors (Lipinski definition) is 1. The molecule has 1 N–H and O–H groups in total. The van der Waals surface area contributed by atoms with E-state index < -0.39 is 0 Å². The third-order valence-electron chi connectivity index (χ3n) is 1.93. The summed E-state index contributed by atoms with van der Waals surface area (Å²) in [6, 6.07) is 7.52. The molecule has 2 nitrogen and oxygen atoms in total. The molecule has 0 amide bonds. The molecule has 0 atom stereocenters. The van der Waals surface area contributed by atoms with Crippen LogP contribution in [0, 0.1) is 11.3 Å². The van der Waals surface area contributed by atoms with E-state index >= 15 is 0 Å². The molecular formula is C10H7NOS2. The smallest absolute Gasteiger partial charge is 0.125 e. The van der Waals surface area contributed by atoms with Gasteiger partial charge in [-0.05, 0) is 24.5 Å². The van der Waals surface area contributed by atoms with E-state index in [4.69, 9.17) is 5.26 Å². The van der Waals surface area contributed by atoms with Crippen LogP contribution < -0.4 is 0 Å². The molecule has 0 spiro atoms. The largest absolute Gasteiger partial charge is 0.507 e. The summed E-state index contributed by atoms with van der Waals surface area (Å²) >= 11 is 2.98. The zero-order chi connectivity index (χ0) is 10.1. The maximum Gasteiger partial charge on any atom is 0.125 e. The van der Waals surface area contributed by atoms with Gasteiger partial charge in [0.05, 0.1) is 0 Å². The Morgan fingerprint density at radius 2 is 2.21 bits per heavy atom. The fourth-order valence-corrected chi connectivity index (χ4v) is 2.73. The van der Waals surface area contributed by atoms with Crippen LogP contribution in [-0.2, 0) is 0 Å². The summed E-state index contributed by atoms with van der Waals surface area (Å²) in [6.07, 6.45) is 1.96. The van der Waals surface area contributed by atoms with E-state index in [0.29, 0.717) is 4.88 Å². The Morgan fingerprint density at radius 3 is 2.86 bits per heavy atom. The number of phenols is 1. The Kier molecular flexibility index (Phi) is 2.36. The Hall–Kier alpha value is -1.18. The SMILES string of the molecule is CSc1cc(O)c2cc(C#N)sc2c1. The Morgan fingerprint density at radius 1 is 1.43 bits per heavy atom. The van der Waals surface area contributed by atoms with Crippen molar-refractivity contribution in [2.45, 2.75) is 4.90 Å². The zero-order valence-electron chi connectivity index (χ0n) is 7.44. The van der Waals surface area contributed by atoms with Crippen LogP contribution in [-0.4, -0.2) is 11.4 Å². The van der Waals surface area contributed by atoms with Crippen molar-refractivity contribution in [3.63, 3.8) is 0 Å². The van der Waals surface area contributed by atoms with Gasteiger partial charge in [0.2, 0.25) is 0 Å². The highest BCUT2D eigenvalue weighted by Gasteiger charge is 2.07. The van der Waals surface area contributed by atoms with Crippen molar-refractivity contribution in [2.75, 3.05) is 6.26 Å². The lowest BCUT2D eigenvalue weighted by Gasteiger charge is -1.98. The zero-order valence-corrected chi connectivity index (χ0v) is 9.08. The van der Waals surface area contributed by atoms with Gasteiger partial charge in [-0.25, -0.2) is 0 Å². The molecule has 1 aromatic heterocycles. The van der Waals surface area contributed by atoms with Crippen molar-refractivity contribution in [1.82, 2.24) is 0 Å². The van der Waals surface area contributed by atoms with Gasteiger partial charge in [0.15, 0.2) is 0 Å². The van der Waals surface area contributed by atoms with Crippen LogP contribution in [0.5, 0.6) is 5.75 Å². The van der Waals surface area contributed by atoms with Crippen LogP contribution in [0.3, 0.4) is 0 Å². The summed E-state index contributed by atoms with van der Waals surface area (Å²) in [5.41, 5.74) is 0. The average molecular weight is 221 g/mol. The second-order valence-corrected chi connectivity index (χ2v) is 4.74. The summed E-state index contributed by atoms with van der Waals surface area (Å²) in [4.78, 5) is 1.65. The van der Waals surface area contributed by atoms with Gasteiger partial charge in [-0.1, -0.05) is 0 Å². The molecule has 14 heavy (non-hydrogen) atoms. The molecule has 2 rings (SSSR count). The molecule has 1 heterocycles. The highest BCUT2D eigenvalue weighted by atomic mass is 32.2. The summed E-state index contributed by atoms with van der Waals surface area (Å²) in [5.74, 6) is 0.254. The number of hydrogen-bond acceptors (Lipinski definition) is 4. The monoisotopic (exact) mass is 221 g/mol. The molecule has 1 aromatic carbocycles. The van der Waals surface area contributed by atoms with Crippen molar-refractivity contribution in [3.8, 4) is 11.8 Å². The van der Waals surface area contributed by atoms with Gasteiger partial charge in [0.25, 0.3) is 0 Å². The first kappa shape index (κ1) is 9.38. The molecule has 0 saturated heterocycles. The Balaban J connectivity index is 2.75. The average Bonchev–Trinajstić information content (AvgIpc) is 2.61. The van der Waals surface area contributed by atoms with Crippen LogP contribution in [0.4, 0.5) is 0 Å². The van der Waals surface area contributed by atoms with Crippen LogP contribution in [0.15, 0.2) is 23.1 Å². The fourth-order valence-electron chi connectivity index (χ4n) is 1.27. The lowest BCUT2D eigenvalue weighted by molar-refractivity contribution is 0.480. The quantitative estimate of drug-likeness (QED) is 0.752. The molecule has 0 bridgehead atoms. The first-order valence-corrected chi connectivity index (χ1v) is 5.99. The topological polar surface area (TPSA) is 44.0 Å². The summed E-state index contributed by atoms with van der Waals surface area (Å²) in [7, 11) is 0. The second-order valence-electron chi connectivity index (χ2n) is 2.78. The molecule has 0 radical (unpaired) electrons. The van der Waals surface area contributed by atoms with Gasteiger partial charge in [-0.2, -0.15) is 5.26 Å². The minimum Gasteiger partial charge on any atom is -0.507 e. The molecule has 0 saturated carbocycles. The normalized spacial score (nSPS) is 10.3. The molecule has 70 valence electrons. The number of aromatic hydroxyl groups is 1. The van der Waals surface area contributed by atoms with Gasteiger partial charge < -0.3 is 5.11 Å². The van der Waals surface area contributed by atoms with Crippen molar-refractivity contribution in [2.24, 2.45) is 0 Å². The maximum absolute atomic E-state index is 9.68. The summed E-state index contributed by atoms with van der Waals surface area (Å²) in [6.45, 7) is 0. The first-order chi connectivity index (χ1) is 6.74. The lowest BCUT2D eigenvalue weighted by atomic mass is 10.2. The van der Waals surface area contributed by atoms with E-state index in [0.717, 1.165) is 15.0 Å². The van der Waals surface area contributed by atoms with E-state index in [1.807, 2.05) is 12.3 Å². The van der Waals surface area contributed by atoms with E-state index in [9.17, 15) is 5.11 Å². The molecule has 0 fully saturated rings. The van der Waals surface area contributed by atoms with Gasteiger partial charge >= 0.3 is 0 Å². The second kappa shape index (κ2) is 3.52. The molecule has 2 aromatic rings. The number of thiophene rings is 1. The third kappa shape index (κ3) is 1.45. The highest BCUT2D eigenvalue weighted by molar-refractivity contribution is 7.98. The molecule has 4 heteroatoms. The van der Waals surface area contributed by atoms with Crippen LogP contribution in [0.25, 0.3) is 10.1 Å². The van der Waals surface area contributed by atoms with Crippen molar-refractivity contribution in [3.05, 3.63) is 23.1 Å². The van der Waals surface area contributed by atoms with Crippen molar-refractivity contribution < 1.29 is 5.11 Å². The number of nitriles is 1. The minimum atomic E-state index is 0.254. The predicted octanol–water partition coefficient (Wildman–Crippen LogP) is 3.20. The lowest BCUT2D eigenvalue weighted by Crippen LogP contribution is -1.70. The molecule has 0 unspecified atom stereocenters. The van der Waals surface area contributed by atoms with Gasteiger partial charge in [0, 0.05) is 15.0 Å². The number of phenolic OH excluding ortho intramolecular Hbond substituents is 1. The number of benzene rings is 1. The summed E-state index contributed by atoms with van der Waals surface area (Å²) < 4.78 is 0.964. The Bertz CT molecular complexity index is 525. The number of nitrogens with zero attached hydrogens (tertiary/aromatic N) is 1. The molecule has 0 aliphatic rings. The first-order valence-electron chi connectivity index (χ1n) is 3.95. The predicted molar refractivity (Wildman–Crippen MR) is 60.0 cm³/mol. The fraction of sp³-hybridized carbons (Fsp3) is 0.100. The number of rotatable bonds is 1. The van der Waals surface area contributed by atoms with E-state index in [1.54, 1.807) is 23.9 Å². The minimum absolute atomic E-state index is 0.254. The van der Waals surface area contributed by atoms with E-state index in [-0.39, 0.29) is 5.75 Å². The van der Waals surface area contributed by atoms with Crippen molar-refractivity contribution in [1.29, 1.82) is 5.26 Å². The Labute approximate surface area is 89.8 Å². The maximum atomic E-state index is 9.68. The molecular weight excluding hydrogens is 214 g/mol. The number of thioether (sulfide) groups is 1. The van der Waals surface area contributed by atoms with E-state index in [2.05, 4.69) is 6.07 Å². The highest BCUT2D eigenvalue weighted by Crippen LogP contribution is 2.35. The van der Waals surface area contributed by atoms with Crippen molar-refractivity contribution >= 4 is 33.2 Å². The van der Waals surface area contributed by atoms with E-state index in [1.165, 1.54) is 11.3 Å². The van der Waals surface area contributed by atoms with Crippen LogP contribution in [0.2, 0.25) is 0 Å². The van der Waals surface area contributed by atoms with Gasteiger partial charge in [-0.3, -0.25) is 0 Å². The number of fused-ring (bicyclic) bond motifs is 1. The van der Waals surface area contributed by atoms with Gasteiger partial charge in [-0.15, -0.1) is 23.1 Å². The molecule has 0 aliphatic heterocycles. The third-order valence-corrected chi connectivity index (χ3v) is 3.63. The standard InChI is InChI=1S/C10H7NOS2/c1-13-6-3-9(12)8-2-7(5-11)14-10(8)4-6/h2-4,12H,1H3. The molecule has 0 aliphatic carbocycles. The van der Waals surface area contributed by atoms with Crippen LogP contribution >= 0.6 is 23.1 Å². The van der Waals surface area contributed by atoms with Gasteiger partial charge in [0.1, 0.15) is 16.7 Å². The summed E-state index contributed by atoms with van der Waals surface area (Å²) in [5, 5.41) is 19.2.